The molecular weight excluding hydrogens is 395 g/mol. The minimum atomic E-state index is -4.94. The van der Waals surface area contributed by atoms with Crippen LogP contribution in [0.15, 0.2) is 30.3 Å². The van der Waals surface area contributed by atoms with Gasteiger partial charge in [0.05, 0.1) is 26.3 Å². The SMILES string of the molecule is COc1ccc(-c2nnc3ccc(OCCNC(=O)C(F)(F)F)nn23)c(OC)c1. The first kappa shape index (κ1) is 20.2. The first-order valence-corrected chi connectivity index (χ1v) is 8.26. The lowest BCUT2D eigenvalue weighted by Gasteiger charge is -2.10. The normalized spacial score (nSPS) is 11.3. The van der Waals surface area contributed by atoms with Crippen molar-refractivity contribution in [1.29, 1.82) is 0 Å². The van der Waals surface area contributed by atoms with Gasteiger partial charge < -0.3 is 19.5 Å². The zero-order chi connectivity index (χ0) is 21.0. The van der Waals surface area contributed by atoms with Crippen LogP contribution in [0.5, 0.6) is 17.4 Å². The van der Waals surface area contributed by atoms with Crippen LogP contribution in [0, 0.1) is 0 Å². The summed E-state index contributed by atoms with van der Waals surface area (Å²) in [4.78, 5) is 10.8. The van der Waals surface area contributed by atoms with Crippen molar-refractivity contribution in [2.75, 3.05) is 27.4 Å². The fourth-order valence-corrected chi connectivity index (χ4v) is 2.42. The number of rotatable bonds is 7. The average Bonchev–Trinajstić information content (AvgIpc) is 3.12. The quantitative estimate of drug-likeness (QED) is 0.593. The molecule has 3 rings (SSSR count). The van der Waals surface area contributed by atoms with E-state index in [1.807, 2.05) is 0 Å². The van der Waals surface area contributed by atoms with Crippen molar-refractivity contribution in [3.8, 4) is 28.8 Å². The molecule has 0 saturated heterocycles. The first-order chi connectivity index (χ1) is 13.8. The Bertz CT molecular complexity index is 1020. The average molecular weight is 411 g/mol. The van der Waals surface area contributed by atoms with Crippen LogP contribution in [0.1, 0.15) is 0 Å². The van der Waals surface area contributed by atoms with Crippen LogP contribution >= 0.6 is 0 Å². The van der Waals surface area contributed by atoms with Crippen LogP contribution in [-0.2, 0) is 4.79 Å². The summed E-state index contributed by atoms with van der Waals surface area (Å²) in [5, 5.41) is 14.1. The Hall–Kier alpha value is -3.57. The van der Waals surface area contributed by atoms with Gasteiger partial charge in [0.15, 0.2) is 11.5 Å². The van der Waals surface area contributed by atoms with E-state index in [1.165, 1.54) is 24.8 Å². The zero-order valence-electron chi connectivity index (χ0n) is 15.4. The fraction of sp³-hybridized carbons (Fsp3) is 0.294. The van der Waals surface area contributed by atoms with E-state index in [2.05, 4.69) is 15.3 Å². The van der Waals surface area contributed by atoms with Crippen molar-refractivity contribution in [2.45, 2.75) is 6.18 Å². The lowest BCUT2D eigenvalue weighted by Crippen LogP contribution is -2.38. The highest BCUT2D eigenvalue weighted by Crippen LogP contribution is 2.32. The number of amides is 1. The van der Waals surface area contributed by atoms with Gasteiger partial charge in [-0.2, -0.15) is 17.7 Å². The van der Waals surface area contributed by atoms with Crippen LogP contribution in [0.4, 0.5) is 13.2 Å². The molecule has 0 aliphatic carbocycles. The molecule has 154 valence electrons. The van der Waals surface area contributed by atoms with Crippen molar-refractivity contribution in [2.24, 2.45) is 0 Å². The van der Waals surface area contributed by atoms with Crippen molar-refractivity contribution in [3.63, 3.8) is 0 Å². The highest BCUT2D eigenvalue weighted by molar-refractivity contribution is 5.81. The Kier molecular flexibility index (Phi) is 5.71. The summed E-state index contributed by atoms with van der Waals surface area (Å²) in [7, 11) is 3.03. The fourth-order valence-electron chi connectivity index (χ4n) is 2.42. The summed E-state index contributed by atoms with van der Waals surface area (Å²) in [6.45, 7) is -0.539. The molecule has 0 spiro atoms. The van der Waals surface area contributed by atoms with E-state index < -0.39 is 12.1 Å². The summed E-state index contributed by atoms with van der Waals surface area (Å²) in [6, 6.07) is 8.21. The van der Waals surface area contributed by atoms with Crippen LogP contribution < -0.4 is 19.5 Å². The third-order valence-corrected chi connectivity index (χ3v) is 3.78. The topological polar surface area (TPSA) is 99.9 Å². The lowest BCUT2D eigenvalue weighted by atomic mass is 10.2. The minimum absolute atomic E-state index is 0.118. The number of carbonyl (C=O) groups is 1. The molecular formula is C17H16F3N5O4. The van der Waals surface area contributed by atoms with Gasteiger partial charge >= 0.3 is 12.1 Å². The lowest BCUT2D eigenvalue weighted by molar-refractivity contribution is -0.173. The monoisotopic (exact) mass is 411 g/mol. The third-order valence-electron chi connectivity index (χ3n) is 3.78. The molecule has 2 aromatic heterocycles. The summed E-state index contributed by atoms with van der Waals surface area (Å²) >= 11 is 0. The molecule has 0 bridgehead atoms. The largest absolute Gasteiger partial charge is 0.497 e. The Balaban J connectivity index is 1.78. The van der Waals surface area contributed by atoms with Gasteiger partial charge in [0.25, 0.3) is 0 Å². The number of nitrogens with zero attached hydrogens (tertiary/aromatic N) is 4. The molecule has 1 amide bonds. The molecule has 1 aromatic carbocycles. The Morgan fingerprint density at radius 3 is 2.62 bits per heavy atom. The van der Waals surface area contributed by atoms with Crippen LogP contribution in [0.2, 0.25) is 0 Å². The van der Waals surface area contributed by atoms with E-state index in [0.717, 1.165) is 0 Å². The van der Waals surface area contributed by atoms with Gasteiger partial charge in [0.2, 0.25) is 5.88 Å². The third kappa shape index (κ3) is 4.47. The zero-order valence-corrected chi connectivity index (χ0v) is 15.4. The van der Waals surface area contributed by atoms with E-state index in [-0.39, 0.29) is 19.0 Å². The number of aromatic nitrogens is 4. The Morgan fingerprint density at radius 1 is 1.14 bits per heavy atom. The molecule has 0 fully saturated rings. The number of ether oxygens (including phenoxy) is 3. The van der Waals surface area contributed by atoms with Gasteiger partial charge in [-0.1, -0.05) is 0 Å². The van der Waals surface area contributed by atoms with Gasteiger partial charge in [0, 0.05) is 12.1 Å². The first-order valence-electron chi connectivity index (χ1n) is 8.26. The highest BCUT2D eigenvalue weighted by atomic mass is 19.4. The number of halogens is 3. The second-order valence-electron chi connectivity index (χ2n) is 5.63. The predicted molar refractivity (Wildman–Crippen MR) is 93.9 cm³/mol. The number of carbonyl (C=O) groups excluding carboxylic acids is 1. The molecule has 0 atom stereocenters. The second-order valence-corrected chi connectivity index (χ2v) is 5.63. The predicted octanol–water partition coefficient (Wildman–Crippen LogP) is 1.87. The molecule has 1 N–H and O–H groups in total. The van der Waals surface area contributed by atoms with E-state index in [4.69, 9.17) is 14.2 Å². The number of benzene rings is 1. The summed E-state index contributed by atoms with van der Waals surface area (Å²) < 4.78 is 53.7. The van der Waals surface area contributed by atoms with Gasteiger partial charge in [-0.05, 0) is 18.2 Å². The van der Waals surface area contributed by atoms with Gasteiger partial charge in [0.1, 0.15) is 18.1 Å². The molecule has 9 nitrogen and oxygen atoms in total. The second kappa shape index (κ2) is 8.20. The standard InChI is InChI=1S/C17H16F3N5O4/c1-27-10-3-4-11(12(9-10)28-2)15-23-22-13-5-6-14(24-25(13)15)29-8-7-21-16(26)17(18,19)20/h3-6,9H,7-8H2,1-2H3,(H,21,26). The molecule has 12 heteroatoms. The van der Waals surface area contributed by atoms with E-state index >= 15 is 0 Å². The maximum Gasteiger partial charge on any atom is 0.471 e. The summed E-state index contributed by atoms with van der Waals surface area (Å²) in [5.41, 5.74) is 1.03. The molecule has 0 aliphatic heterocycles. The van der Waals surface area contributed by atoms with Crippen LogP contribution in [-0.4, -0.2) is 59.3 Å². The molecule has 0 saturated carbocycles. The van der Waals surface area contributed by atoms with Crippen LogP contribution in [0.25, 0.3) is 17.0 Å². The van der Waals surface area contributed by atoms with Crippen molar-refractivity contribution >= 4 is 11.6 Å². The molecule has 3 aromatic rings. The smallest absolute Gasteiger partial charge is 0.471 e. The van der Waals surface area contributed by atoms with Gasteiger partial charge in [-0.15, -0.1) is 15.3 Å². The van der Waals surface area contributed by atoms with E-state index in [9.17, 15) is 18.0 Å². The molecule has 0 unspecified atom stereocenters. The Morgan fingerprint density at radius 2 is 1.93 bits per heavy atom. The number of hydrogen-bond acceptors (Lipinski definition) is 7. The number of methoxy groups -OCH3 is 2. The number of fused-ring (bicyclic) bond motifs is 1. The van der Waals surface area contributed by atoms with E-state index in [1.54, 1.807) is 29.6 Å². The molecule has 2 heterocycles. The van der Waals surface area contributed by atoms with Crippen LogP contribution in [0.3, 0.4) is 0 Å². The molecule has 29 heavy (non-hydrogen) atoms. The number of nitrogens with one attached hydrogen (secondary N) is 1. The summed E-state index contributed by atoms with van der Waals surface area (Å²) in [5.74, 6) is -0.459. The van der Waals surface area contributed by atoms with E-state index in [0.29, 0.717) is 28.5 Å². The van der Waals surface area contributed by atoms with Crippen molar-refractivity contribution < 1.29 is 32.2 Å². The Labute approximate surface area is 162 Å². The number of alkyl halides is 3. The number of hydrogen-bond donors (Lipinski definition) is 1. The van der Waals surface area contributed by atoms with Crippen molar-refractivity contribution in [3.05, 3.63) is 30.3 Å². The maximum absolute atomic E-state index is 12.2. The van der Waals surface area contributed by atoms with Gasteiger partial charge in [-0.3, -0.25) is 4.79 Å². The van der Waals surface area contributed by atoms with Gasteiger partial charge in [-0.25, -0.2) is 0 Å². The highest BCUT2D eigenvalue weighted by Gasteiger charge is 2.38. The molecule has 0 aliphatic rings. The molecule has 0 radical (unpaired) electrons. The minimum Gasteiger partial charge on any atom is -0.497 e. The summed E-state index contributed by atoms with van der Waals surface area (Å²) in [6.07, 6.45) is -4.94. The van der Waals surface area contributed by atoms with Crippen molar-refractivity contribution in [1.82, 2.24) is 25.1 Å². The maximum atomic E-state index is 12.2.